The van der Waals surface area contributed by atoms with E-state index in [4.69, 9.17) is 0 Å². The molecule has 1 N–H and O–H groups in total. The van der Waals surface area contributed by atoms with Crippen molar-refractivity contribution < 1.29 is 9.59 Å². The zero-order valence-corrected chi connectivity index (χ0v) is 16.9. The monoisotopic (exact) mass is 394 g/mol. The van der Waals surface area contributed by atoms with E-state index in [1.165, 1.54) is 4.90 Å². The summed E-state index contributed by atoms with van der Waals surface area (Å²) in [5.41, 5.74) is 3.44. The third kappa shape index (κ3) is 3.31. The number of aromatic nitrogens is 2. The number of Topliss-reactive ketones (excluding diaryl/α,β-unsaturated/α-hetero) is 1. The Kier molecular flexibility index (Phi) is 4.95. The van der Waals surface area contributed by atoms with Gasteiger partial charge in [-0.1, -0.05) is 18.2 Å². The molecule has 1 fully saturated rings. The Hall–Kier alpha value is -2.64. The van der Waals surface area contributed by atoms with Crippen LogP contribution >= 0.6 is 11.8 Å². The molecule has 0 radical (unpaired) electrons. The smallest absolute Gasteiger partial charge is 0.328 e. The van der Waals surface area contributed by atoms with Gasteiger partial charge in [0.2, 0.25) is 0 Å². The van der Waals surface area contributed by atoms with E-state index in [2.05, 4.69) is 10.3 Å². The summed E-state index contributed by atoms with van der Waals surface area (Å²) < 4.78 is 1.57. The largest absolute Gasteiger partial charge is 0.330 e. The summed E-state index contributed by atoms with van der Waals surface area (Å²) in [7, 11) is 3.41. The molecule has 0 bridgehead atoms. The summed E-state index contributed by atoms with van der Waals surface area (Å²) in [5, 5.41) is 4.26. The number of rotatable bonds is 3. The van der Waals surface area contributed by atoms with Gasteiger partial charge in [-0.2, -0.15) is 0 Å². The van der Waals surface area contributed by atoms with Gasteiger partial charge in [0, 0.05) is 49.4 Å². The van der Waals surface area contributed by atoms with E-state index in [1.807, 2.05) is 43.5 Å². The fraction of sp³-hybridized carbons (Fsp3) is 0.286. The van der Waals surface area contributed by atoms with Crippen molar-refractivity contribution in [2.24, 2.45) is 0 Å². The maximum absolute atomic E-state index is 13.3. The molecule has 2 aromatic heterocycles. The molecule has 4 rings (SSSR count). The number of thioether (sulfide) groups is 1. The number of hydrogen-bond donors (Lipinski definition) is 1. The van der Waals surface area contributed by atoms with Gasteiger partial charge >= 0.3 is 6.03 Å². The van der Waals surface area contributed by atoms with Crippen molar-refractivity contribution in [2.75, 3.05) is 19.8 Å². The molecular weight excluding hydrogens is 372 g/mol. The van der Waals surface area contributed by atoms with E-state index < -0.39 is 0 Å². The Morgan fingerprint density at radius 3 is 2.82 bits per heavy atom. The molecular formula is C21H22N4O2S. The number of pyridine rings is 1. The first-order valence-corrected chi connectivity index (χ1v) is 10.2. The van der Waals surface area contributed by atoms with Crippen molar-refractivity contribution >= 4 is 34.5 Å². The predicted octanol–water partition coefficient (Wildman–Crippen LogP) is 3.46. The molecule has 2 unspecified atom stereocenters. The Labute approximate surface area is 167 Å². The molecule has 1 aromatic carbocycles. The highest BCUT2D eigenvalue weighted by atomic mass is 32.2. The van der Waals surface area contributed by atoms with Crippen molar-refractivity contribution in [1.29, 1.82) is 0 Å². The number of nitrogens with one attached hydrogen (secondary N) is 1. The first kappa shape index (κ1) is 18.7. The maximum atomic E-state index is 13.3. The number of aryl methyl sites for hydroxylation is 1. The van der Waals surface area contributed by atoms with Gasteiger partial charge in [-0.05, 0) is 30.2 Å². The van der Waals surface area contributed by atoms with Crippen molar-refractivity contribution in [3.05, 3.63) is 65.6 Å². The molecule has 1 aliphatic heterocycles. The zero-order valence-electron chi connectivity index (χ0n) is 16.0. The number of nitrogens with zero attached hydrogens (tertiary/aromatic N) is 3. The van der Waals surface area contributed by atoms with Gasteiger partial charge in [0.1, 0.15) is 0 Å². The van der Waals surface area contributed by atoms with Gasteiger partial charge in [-0.15, -0.1) is 11.8 Å². The van der Waals surface area contributed by atoms with E-state index in [1.54, 1.807) is 42.8 Å². The van der Waals surface area contributed by atoms with Crippen molar-refractivity contribution in [3.8, 4) is 0 Å². The molecule has 1 amide bonds. The standard InChI is InChI=1S/C21H22N4O2S/c1-13-6-7-15-16(11-25(18(15)9-13)21(27)24(2)3)19(26)17-12-28-20(23-17)14-5-4-8-22-10-14/h4-11,17,20,23H,12H2,1-3H3. The second-order valence-electron chi connectivity index (χ2n) is 7.19. The third-order valence-corrected chi connectivity index (χ3v) is 6.17. The number of carbonyl (C=O) groups is 2. The lowest BCUT2D eigenvalue weighted by Crippen LogP contribution is -2.34. The lowest BCUT2D eigenvalue weighted by Gasteiger charge is -2.12. The lowest BCUT2D eigenvalue weighted by atomic mass is 10.0. The molecule has 1 saturated heterocycles. The maximum Gasteiger partial charge on any atom is 0.328 e. The number of amides is 1. The second kappa shape index (κ2) is 7.41. The summed E-state index contributed by atoms with van der Waals surface area (Å²) in [5.74, 6) is 0.691. The van der Waals surface area contributed by atoms with Gasteiger partial charge in [-0.25, -0.2) is 4.79 Å². The van der Waals surface area contributed by atoms with E-state index >= 15 is 0 Å². The molecule has 6 nitrogen and oxygen atoms in total. The highest BCUT2D eigenvalue weighted by Gasteiger charge is 2.33. The van der Waals surface area contributed by atoms with E-state index in [-0.39, 0.29) is 23.2 Å². The number of fused-ring (bicyclic) bond motifs is 1. The van der Waals surface area contributed by atoms with E-state index in [0.29, 0.717) is 11.3 Å². The van der Waals surface area contributed by atoms with Crippen LogP contribution in [-0.4, -0.2) is 52.2 Å². The topological polar surface area (TPSA) is 67.2 Å². The van der Waals surface area contributed by atoms with Gasteiger partial charge in [-0.3, -0.25) is 19.7 Å². The summed E-state index contributed by atoms with van der Waals surface area (Å²) in [6, 6.07) is 9.28. The summed E-state index contributed by atoms with van der Waals surface area (Å²) >= 11 is 1.70. The van der Waals surface area contributed by atoms with Gasteiger partial charge < -0.3 is 4.90 Å². The van der Waals surface area contributed by atoms with Crippen LogP contribution in [0.15, 0.2) is 48.9 Å². The number of benzene rings is 1. The quantitative estimate of drug-likeness (QED) is 0.689. The Bertz CT molecular complexity index is 1050. The fourth-order valence-electron chi connectivity index (χ4n) is 3.44. The molecule has 144 valence electrons. The first-order valence-electron chi connectivity index (χ1n) is 9.11. The van der Waals surface area contributed by atoms with Gasteiger partial charge in [0.05, 0.1) is 16.9 Å². The average molecular weight is 395 g/mol. The normalized spacial score (nSPS) is 19.1. The van der Waals surface area contributed by atoms with Crippen LogP contribution in [0.1, 0.15) is 26.9 Å². The van der Waals surface area contributed by atoms with Crippen molar-refractivity contribution in [1.82, 2.24) is 19.8 Å². The van der Waals surface area contributed by atoms with E-state index in [9.17, 15) is 9.59 Å². The van der Waals surface area contributed by atoms with Crippen LogP contribution in [0, 0.1) is 6.92 Å². The number of hydrogen-bond acceptors (Lipinski definition) is 5. The Balaban J connectivity index is 1.67. The van der Waals surface area contributed by atoms with E-state index in [0.717, 1.165) is 22.0 Å². The fourth-order valence-corrected chi connectivity index (χ4v) is 4.67. The summed E-state index contributed by atoms with van der Waals surface area (Å²) in [4.78, 5) is 31.6. The highest BCUT2D eigenvalue weighted by Crippen LogP contribution is 2.34. The van der Waals surface area contributed by atoms with Crippen LogP contribution in [0.25, 0.3) is 10.9 Å². The van der Waals surface area contributed by atoms with Crippen LogP contribution in [0.2, 0.25) is 0 Å². The minimum Gasteiger partial charge on any atom is -0.330 e. The number of carbonyl (C=O) groups excluding carboxylic acids is 2. The number of ketones is 1. The Morgan fingerprint density at radius 1 is 1.29 bits per heavy atom. The lowest BCUT2D eigenvalue weighted by molar-refractivity contribution is 0.0957. The molecule has 0 aliphatic carbocycles. The minimum atomic E-state index is -0.301. The minimum absolute atomic E-state index is 0.0121. The summed E-state index contributed by atoms with van der Waals surface area (Å²) in [6.45, 7) is 1.98. The van der Waals surface area contributed by atoms with Crippen LogP contribution < -0.4 is 5.32 Å². The van der Waals surface area contributed by atoms with Crippen molar-refractivity contribution in [2.45, 2.75) is 18.3 Å². The summed E-state index contributed by atoms with van der Waals surface area (Å²) in [6.07, 6.45) is 5.24. The Morgan fingerprint density at radius 2 is 2.11 bits per heavy atom. The molecule has 3 aromatic rings. The van der Waals surface area contributed by atoms with Crippen LogP contribution in [0.5, 0.6) is 0 Å². The molecule has 1 aliphatic rings. The predicted molar refractivity (Wildman–Crippen MR) is 112 cm³/mol. The third-order valence-electron chi connectivity index (χ3n) is 4.90. The molecule has 0 spiro atoms. The van der Waals surface area contributed by atoms with Crippen LogP contribution in [0.3, 0.4) is 0 Å². The zero-order chi connectivity index (χ0) is 19.8. The molecule has 0 saturated carbocycles. The average Bonchev–Trinajstić information content (AvgIpc) is 3.32. The SMILES string of the molecule is Cc1ccc2c(C(=O)C3CSC(c4cccnc4)N3)cn(C(=O)N(C)C)c2c1. The molecule has 2 atom stereocenters. The first-order chi connectivity index (χ1) is 13.5. The highest BCUT2D eigenvalue weighted by molar-refractivity contribution is 7.99. The molecule has 7 heteroatoms. The molecule has 3 heterocycles. The van der Waals surface area contributed by atoms with Crippen LogP contribution in [0.4, 0.5) is 4.79 Å². The van der Waals surface area contributed by atoms with Gasteiger partial charge in [0.25, 0.3) is 0 Å². The second-order valence-corrected chi connectivity index (χ2v) is 8.33. The van der Waals surface area contributed by atoms with Gasteiger partial charge in [0.15, 0.2) is 5.78 Å². The molecule has 28 heavy (non-hydrogen) atoms. The van der Waals surface area contributed by atoms with Crippen molar-refractivity contribution in [3.63, 3.8) is 0 Å². The van der Waals surface area contributed by atoms with Crippen LogP contribution in [-0.2, 0) is 0 Å².